The van der Waals surface area contributed by atoms with Gasteiger partial charge in [-0.15, -0.1) is 0 Å². The molecule has 1 aromatic heterocycles. The average Bonchev–Trinajstić information content (AvgIpc) is 3.11. The molecule has 192 valence electrons. The third kappa shape index (κ3) is 6.38. The number of carbonyl (C=O) groups excluding carboxylic acids is 3. The fourth-order valence-corrected chi connectivity index (χ4v) is 3.70. The number of carbonyl (C=O) groups is 3. The lowest BCUT2D eigenvalue weighted by atomic mass is 10.2. The molecule has 0 atom stereocenters. The normalized spacial score (nSPS) is 11.8. The summed E-state index contributed by atoms with van der Waals surface area (Å²) in [7, 11) is 0. The number of halogens is 5. The van der Waals surface area contributed by atoms with E-state index < -0.39 is 42.1 Å². The van der Waals surface area contributed by atoms with E-state index in [0.29, 0.717) is 4.57 Å². The summed E-state index contributed by atoms with van der Waals surface area (Å²) in [5, 5.41) is 2.55. The van der Waals surface area contributed by atoms with Crippen molar-refractivity contribution in [2.24, 2.45) is 0 Å². The summed E-state index contributed by atoms with van der Waals surface area (Å²) in [4.78, 5) is 40.4. The van der Waals surface area contributed by atoms with Gasteiger partial charge < -0.3 is 14.6 Å². The van der Waals surface area contributed by atoms with Gasteiger partial charge in [0.1, 0.15) is 17.7 Å². The van der Waals surface area contributed by atoms with Gasteiger partial charge in [-0.2, -0.15) is 13.2 Å². The minimum absolute atomic E-state index is 0.0443. The summed E-state index contributed by atoms with van der Waals surface area (Å²) in [5.41, 5.74) is 2.64. The number of aromatic nitrogens is 2. The van der Waals surface area contributed by atoms with E-state index in [2.05, 4.69) is 10.3 Å². The van der Waals surface area contributed by atoms with Crippen LogP contribution in [0.3, 0.4) is 0 Å². The lowest BCUT2D eigenvalue weighted by Gasteiger charge is -2.20. The first-order valence-electron chi connectivity index (χ1n) is 10.3. The Kier molecular flexibility index (Phi) is 7.70. The number of alkyl halides is 3. The molecule has 0 fully saturated rings. The van der Waals surface area contributed by atoms with Crippen LogP contribution in [0.4, 0.5) is 23.7 Å². The summed E-state index contributed by atoms with van der Waals surface area (Å²) in [5.74, 6) is -3.13. The zero-order valence-electron chi connectivity index (χ0n) is 19.1. The largest absolute Gasteiger partial charge is 0.449 e. The highest BCUT2D eigenvalue weighted by Gasteiger charge is 2.38. The molecule has 0 aliphatic carbocycles. The first kappa shape index (κ1) is 27.1. The van der Waals surface area contributed by atoms with E-state index in [9.17, 15) is 27.6 Å². The van der Waals surface area contributed by atoms with E-state index in [-0.39, 0.29) is 32.3 Å². The third-order valence-electron chi connectivity index (χ3n) is 4.48. The second-order valence-corrected chi connectivity index (χ2v) is 9.23. The second-order valence-electron chi connectivity index (χ2n) is 8.42. The quantitative estimate of drug-likeness (QED) is 0.391. The van der Waals surface area contributed by atoms with Gasteiger partial charge in [0.05, 0.1) is 26.8 Å². The maximum Gasteiger partial charge on any atom is 0.449 e. The number of benzene rings is 2. The molecule has 0 saturated carbocycles. The number of hydrazine groups is 1. The van der Waals surface area contributed by atoms with E-state index in [1.165, 1.54) is 36.4 Å². The molecule has 0 radical (unpaired) electrons. The van der Waals surface area contributed by atoms with Crippen LogP contribution in [0.15, 0.2) is 36.4 Å². The Morgan fingerprint density at radius 3 is 2.19 bits per heavy atom. The van der Waals surface area contributed by atoms with Crippen molar-refractivity contribution >= 4 is 57.8 Å². The molecule has 3 N–H and O–H groups in total. The number of hydrogen-bond donors (Lipinski definition) is 3. The van der Waals surface area contributed by atoms with Gasteiger partial charge >= 0.3 is 12.3 Å². The summed E-state index contributed by atoms with van der Waals surface area (Å²) < 4.78 is 46.9. The van der Waals surface area contributed by atoms with Crippen LogP contribution < -0.4 is 16.2 Å². The molecule has 9 nitrogen and oxygen atoms in total. The number of rotatable bonds is 4. The van der Waals surface area contributed by atoms with Crippen LogP contribution in [-0.4, -0.2) is 33.1 Å². The monoisotopic (exact) mass is 545 g/mol. The Hall–Kier alpha value is -3.51. The van der Waals surface area contributed by atoms with E-state index in [0.717, 1.165) is 0 Å². The van der Waals surface area contributed by atoms with E-state index in [1.54, 1.807) is 20.8 Å². The Bertz CT molecular complexity index is 1320. The molecule has 3 rings (SSSR count). The standard InChI is InChI=1S/C22H20Cl2F3N5O4/c1-21(2,3)36-20(35)31-30-15(33)10-32-14-9-5-8-13(17(14)29-19(32)22(25,26)27)28-18(34)16-11(23)6-4-7-12(16)24/h4-9H,10H2,1-3H3,(H,28,34)(H,30,33)(H,31,35). The number of fused-ring (bicyclic) bond motifs is 1. The molecule has 3 aromatic rings. The number of nitrogens with one attached hydrogen (secondary N) is 3. The lowest BCUT2D eigenvalue weighted by Crippen LogP contribution is -2.45. The number of hydrogen-bond acceptors (Lipinski definition) is 5. The smallest absolute Gasteiger partial charge is 0.443 e. The maximum atomic E-state index is 13.8. The molecule has 1 heterocycles. The molecule has 3 amide bonds. The van der Waals surface area contributed by atoms with Crippen molar-refractivity contribution in [1.29, 1.82) is 0 Å². The minimum Gasteiger partial charge on any atom is -0.443 e. The summed E-state index contributed by atoms with van der Waals surface area (Å²) >= 11 is 12.1. The van der Waals surface area contributed by atoms with Gasteiger partial charge in [-0.3, -0.25) is 15.0 Å². The molecule has 0 saturated heterocycles. The zero-order valence-corrected chi connectivity index (χ0v) is 20.6. The van der Waals surface area contributed by atoms with Crippen molar-refractivity contribution in [3.8, 4) is 0 Å². The predicted molar refractivity (Wildman–Crippen MR) is 127 cm³/mol. The molecular weight excluding hydrogens is 526 g/mol. The first-order chi connectivity index (χ1) is 16.7. The Balaban J connectivity index is 1.91. The van der Waals surface area contributed by atoms with Crippen molar-refractivity contribution in [3.05, 3.63) is 57.8 Å². The van der Waals surface area contributed by atoms with Gasteiger partial charge in [0.25, 0.3) is 11.8 Å². The average molecular weight is 546 g/mol. The molecule has 0 aliphatic heterocycles. The number of imidazole rings is 1. The van der Waals surface area contributed by atoms with Crippen molar-refractivity contribution < 1.29 is 32.3 Å². The topological polar surface area (TPSA) is 114 Å². The summed E-state index contributed by atoms with van der Waals surface area (Å²) in [6, 6.07) is 8.41. The number of nitrogens with zero attached hydrogens (tertiary/aromatic N) is 2. The van der Waals surface area contributed by atoms with Crippen molar-refractivity contribution in [1.82, 2.24) is 20.4 Å². The Morgan fingerprint density at radius 2 is 1.61 bits per heavy atom. The summed E-state index contributed by atoms with van der Waals surface area (Å²) in [6.07, 6.45) is -5.93. The van der Waals surface area contributed by atoms with Crippen molar-refractivity contribution in [3.63, 3.8) is 0 Å². The molecular formula is C22H20Cl2F3N5O4. The molecule has 14 heteroatoms. The van der Waals surface area contributed by atoms with Crippen LogP contribution in [0.1, 0.15) is 37.0 Å². The molecule has 36 heavy (non-hydrogen) atoms. The van der Waals surface area contributed by atoms with Crippen LogP contribution in [0, 0.1) is 0 Å². The second kappa shape index (κ2) is 10.2. The summed E-state index contributed by atoms with van der Waals surface area (Å²) in [6.45, 7) is 3.93. The van der Waals surface area contributed by atoms with Gasteiger partial charge in [-0.25, -0.2) is 15.2 Å². The Labute approximate surface area is 212 Å². The zero-order chi connectivity index (χ0) is 26.8. The van der Waals surface area contributed by atoms with Crippen LogP contribution in [-0.2, 0) is 22.3 Å². The van der Waals surface area contributed by atoms with Crippen LogP contribution in [0.25, 0.3) is 11.0 Å². The first-order valence-corrected chi connectivity index (χ1v) is 11.0. The lowest BCUT2D eigenvalue weighted by molar-refractivity contribution is -0.147. The minimum atomic E-state index is -4.94. The van der Waals surface area contributed by atoms with Crippen LogP contribution in [0.5, 0.6) is 0 Å². The van der Waals surface area contributed by atoms with Gasteiger partial charge in [0.15, 0.2) is 0 Å². The SMILES string of the molecule is CC(C)(C)OC(=O)NNC(=O)Cn1c(C(F)(F)F)nc2c(NC(=O)c3c(Cl)cccc3Cl)cccc21. The fraction of sp³-hybridized carbons (Fsp3) is 0.273. The number of amides is 3. The van der Waals surface area contributed by atoms with E-state index in [1.807, 2.05) is 10.9 Å². The molecule has 2 aromatic carbocycles. The number of anilines is 1. The van der Waals surface area contributed by atoms with Gasteiger partial charge in [0.2, 0.25) is 5.82 Å². The number of para-hydroxylation sites is 1. The number of ether oxygens (including phenoxy) is 1. The van der Waals surface area contributed by atoms with Gasteiger partial charge in [-0.05, 0) is 45.0 Å². The molecule has 0 unspecified atom stereocenters. The van der Waals surface area contributed by atoms with Crippen LogP contribution in [0.2, 0.25) is 10.0 Å². The highest BCUT2D eigenvalue weighted by Crippen LogP contribution is 2.34. The van der Waals surface area contributed by atoms with Gasteiger partial charge in [0, 0.05) is 0 Å². The van der Waals surface area contributed by atoms with Crippen LogP contribution >= 0.6 is 23.2 Å². The maximum absolute atomic E-state index is 13.8. The highest BCUT2D eigenvalue weighted by molar-refractivity contribution is 6.40. The van der Waals surface area contributed by atoms with Gasteiger partial charge in [-0.1, -0.05) is 35.3 Å². The predicted octanol–water partition coefficient (Wildman–Crippen LogP) is 5.17. The third-order valence-corrected chi connectivity index (χ3v) is 5.10. The Morgan fingerprint density at radius 1 is 1.00 bits per heavy atom. The fourth-order valence-electron chi connectivity index (χ4n) is 3.13. The molecule has 0 aliphatic rings. The van der Waals surface area contributed by atoms with Crippen molar-refractivity contribution in [2.45, 2.75) is 39.1 Å². The highest BCUT2D eigenvalue weighted by atomic mass is 35.5. The van der Waals surface area contributed by atoms with E-state index in [4.69, 9.17) is 27.9 Å². The molecule has 0 bridgehead atoms. The molecule has 0 spiro atoms. The van der Waals surface area contributed by atoms with E-state index >= 15 is 0 Å². The van der Waals surface area contributed by atoms with Crippen molar-refractivity contribution in [2.75, 3.05) is 5.32 Å².